The normalized spacial score (nSPS) is 17.5. The molecule has 1 aliphatic rings. The van der Waals surface area contributed by atoms with Crippen LogP contribution in [0.4, 0.5) is 0 Å². The van der Waals surface area contributed by atoms with Crippen molar-refractivity contribution in [2.75, 3.05) is 26.4 Å². The monoisotopic (exact) mass is 522 g/mol. The van der Waals surface area contributed by atoms with Crippen molar-refractivity contribution in [2.45, 2.75) is 45.2 Å². The standard InChI is InChI=1S/C24H32N2O7P2/c1-5-30-34(28,31-6-2)24(35(29,32-7-3)33-8-4)18-22(25-26-24)23(27)21-16-14-20(15-17-21)19-12-10-9-11-13-19/h9-17,22H,5-8,18H2,1-4H3. The summed E-state index contributed by atoms with van der Waals surface area (Å²) in [4.78, 5) is 13.4. The molecule has 11 heteroatoms. The third-order valence-electron chi connectivity index (χ3n) is 5.48. The molecule has 1 unspecified atom stereocenters. The summed E-state index contributed by atoms with van der Waals surface area (Å²) in [5.41, 5.74) is 2.38. The average molecular weight is 522 g/mol. The van der Waals surface area contributed by atoms with E-state index in [1.807, 2.05) is 42.5 Å². The van der Waals surface area contributed by atoms with Gasteiger partial charge >= 0.3 is 15.2 Å². The zero-order valence-corrected chi connectivity index (χ0v) is 22.2. The van der Waals surface area contributed by atoms with Crippen LogP contribution in [0.15, 0.2) is 64.8 Å². The first-order valence-electron chi connectivity index (χ1n) is 11.7. The molecule has 0 bridgehead atoms. The van der Waals surface area contributed by atoms with E-state index in [1.54, 1.807) is 39.8 Å². The highest BCUT2D eigenvalue weighted by molar-refractivity contribution is 7.74. The maximum absolute atomic E-state index is 14.0. The summed E-state index contributed by atoms with van der Waals surface area (Å²) < 4.78 is 50.1. The van der Waals surface area contributed by atoms with Crippen molar-refractivity contribution >= 4 is 21.0 Å². The molecular formula is C24H32N2O7P2. The van der Waals surface area contributed by atoms with Gasteiger partial charge in [-0.2, -0.15) is 10.2 Å². The Morgan fingerprint density at radius 1 is 0.800 bits per heavy atom. The van der Waals surface area contributed by atoms with Gasteiger partial charge in [0, 0.05) is 12.0 Å². The summed E-state index contributed by atoms with van der Waals surface area (Å²) in [6.45, 7) is 6.56. The number of nitrogens with zero attached hydrogens (tertiary/aromatic N) is 2. The van der Waals surface area contributed by atoms with Crippen LogP contribution in [-0.2, 0) is 27.2 Å². The zero-order valence-electron chi connectivity index (χ0n) is 20.5. The number of azo groups is 1. The van der Waals surface area contributed by atoms with Crippen LogP contribution < -0.4 is 0 Å². The highest BCUT2D eigenvalue weighted by atomic mass is 31.2. The largest absolute Gasteiger partial charge is 0.372 e. The lowest BCUT2D eigenvalue weighted by Crippen LogP contribution is -2.33. The van der Waals surface area contributed by atoms with Crippen molar-refractivity contribution in [2.24, 2.45) is 10.2 Å². The predicted octanol–water partition coefficient (Wildman–Crippen LogP) is 6.95. The van der Waals surface area contributed by atoms with Crippen LogP contribution in [0.5, 0.6) is 0 Å². The molecule has 0 aliphatic carbocycles. The van der Waals surface area contributed by atoms with E-state index in [0.29, 0.717) is 5.56 Å². The van der Waals surface area contributed by atoms with Crippen molar-refractivity contribution in [3.05, 3.63) is 60.2 Å². The fourth-order valence-electron chi connectivity index (χ4n) is 3.95. The van der Waals surface area contributed by atoms with Crippen LogP contribution in [0.1, 0.15) is 44.5 Å². The number of hydrogen-bond donors (Lipinski definition) is 0. The third-order valence-corrected chi connectivity index (χ3v) is 11.6. The van der Waals surface area contributed by atoms with Gasteiger partial charge in [0.2, 0.25) is 0 Å². The number of hydrogen-bond acceptors (Lipinski definition) is 9. The van der Waals surface area contributed by atoms with Gasteiger partial charge in [0.1, 0.15) is 6.04 Å². The van der Waals surface area contributed by atoms with Crippen LogP contribution in [0.25, 0.3) is 11.1 Å². The number of ketones is 1. The summed E-state index contributed by atoms with van der Waals surface area (Å²) in [7, 11) is -8.44. The molecule has 0 saturated carbocycles. The molecule has 3 rings (SSSR count). The maximum atomic E-state index is 14.0. The van der Waals surface area contributed by atoms with Gasteiger partial charge in [0.25, 0.3) is 5.02 Å². The second-order valence-corrected chi connectivity index (χ2v) is 12.5. The minimum Gasteiger partial charge on any atom is -0.307 e. The van der Waals surface area contributed by atoms with Crippen LogP contribution in [0.2, 0.25) is 0 Å². The van der Waals surface area contributed by atoms with Crippen molar-refractivity contribution in [3.63, 3.8) is 0 Å². The molecular weight excluding hydrogens is 490 g/mol. The predicted molar refractivity (Wildman–Crippen MR) is 134 cm³/mol. The summed E-state index contributed by atoms with van der Waals surface area (Å²) in [5, 5.41) is 6.19. The van der Waals surface area contributed by atoms with Crippen molar-refractivity contribution in [1.82, 2.24) is 0 Å². The van der Waals surface area contributed by atoms with Gasteiger partial charge in [-0.05, 0) is 38.8 Å². The number of carbonyl (C=O) groups excluding carboxylic acids is 1. The highest BCUT2D eigenvalue weighted by Gasteiger charge is 2.69. The van der Waals surface area contributed by atoms with Gasteiger partial charge in [0.05, 0.1) is 26.4 Å². The third kappa shape index (κ3) is 5.41. The van der Waals surface area contributed by atoms with E-state index in [4.69, 9.17) is 18.1 Å². The van der Waals surface area contributed by atoms with E-state index in [9.17, 15) is 13.9 Å². The molecule has 0 N–H and O–H groups in total. The Labute approximate surface area is 206 Å². The topological polar surface area (TPSA) is 113 Å². The summed E-state index contributed by atoms with van der Waals surface area (Å²) in [5.74, 6) is -0.352. The Kier molecular flexibility index (Phi) is 9.33. The minimum atomic E-state index is -4.22. The summed E-state index contributed by atoms with van der Waals surface area (Å²) in [6, 6.07) is 15.8. The quantitative estimate of drug-likeness (QED) is 0.207. The van der Waals surface area contributed by atoms with Gasteiger partial charge in [-0.15, -0.1) is 0 Å². The van der Waals surface area contributed by atoms with Crippen molar-refractivity contribution in [1.29, 1.82) is 0 Å². The lowest BCUT2D eigenvalue weighted by Gasteiger charge is -2.36. The van der Waals surface area contributed by atoms with Crippen LogP contribution in [-0.4, -0.2) is 43.3 Å². The first kappa shape index (κ1) is 27.6. The summed E-state index contributed by atoms with van der Waals surface area (Å²) in [6.07, 6.45) is -0.291. The van der Waals surface area contributed by atoms with E-state index in [0.717, 1.165) is 11.1 Å². The van der Waals surface area contributed by atoms with Crippen molar-refractivity contribution < 1.29 is 32.0 Å². The van der Waals surface area contributed by atoms with Gasteiger partial charge in [-0.3, -0.25) is 13.9 Å². The lowest BCUT2D eigenvalue weighted by atomic mass is 9.99. The van der Waals surface area contributed by atoms with Gasteiger partial charge in [-0.25, -0.2) is 0 Å². The summed E-state index contributed by atoms with van der Waals surface area (Å²) >= 11 is 0. The molecule has 0 radical (unpaired) electrons. The molecule has 2 aromatic carbocycles. The molecule has 190 valence electrons. The first-order chi connectivity index (χ1) is 16.8. The lowest BCUT2D eigenvalue weighted by molar-refractivity contribution is 0.0960. The average Bonchev–Trinajstić information content (AvgIpc) is 3.33. The van der Waals surface area contributed by atoms with E-state index < -0.39 is 26.3 Å². The molecule has 0 amide bonds. The molecule has 0 fully saturated rings. The zero-order chi connectivity index (χ0) is 25.5. The minimum absolute atomic E-state index is 0.00631. The Bertz CT molecular complexity index is 1070. The van der Waals surface area contributed by atoms with Crippen LogP contribution >= 0.6 is 15.2 Å². The Hall–Kier alpha value is -1.99. The molecule has 0 saturated heterocycles. The second-order valence-electron chi connectivity index (χ2n) is 7.68. The SMILES string of the molecule is CCOP(=O)(OCC)C1(P(=O)(OCC)OCC)CC(C(=O)c2ccc(-c3ccccc3)cc2)N=N1. The Morgan fingerprint density at radius 3 is 1.71 bits per heavy atom. The molecule has 0 spiro atoms. The number of Topliss-reactive ketones (excluding diaryl/α,β-unsaturated/α-hetero) is 1. The Balaban J connectivity index is 1.97. The fourth-order valence-corrected chi connectivity index (χ4v) is 9.29. The maximum Gasteiger partial charge on any atom is 0.372 e. The van der Waals surface area contributed by atoms with Crippen LogP contribution in [0, 0.1) is 0 Å². The number of benzene rings is 2. The molecule has 1 atom stereocenters. The smallest absolute Gasteiger partial charge is 0.307 e. The second kappa shape index (κ2) is 11.8. The van der Waals surface area contributed by atoms with Gasteiger partial charge in [0.15, 0.2) is 5.78 Å². The number of carbonyl (C=O) groups is 1. The van der Waals surface area contributed by atoms with E-state index in [2.05, 4.69) is 10.2 Å². The highest BCUT2D eigenvalue weighted by Crippen LogP contribution is 2.81. The Morgan fingerprint density at radius 2 is 1.26 bits per heavy atom. The first-order valence-corrected chi connectivity index (χ1v) is 14.8. The molecule has 35 heavy (non-hydrogen) atoms. The molecule has 1 heterocycles. The van der Waals surface area contributed by atoms with Gasteiger partial charge < -0.3 is 18.1 Å². The van der Waals surface area contributed by atoms with Gasteiger partial charge in [-0.1, -0.05) is 54.6 Å². The molecule has 2 aromatic rings. The number of rotatable bonds is 13. The van der Waals surface area contributed by atoms with E-state index >= 15 is 0 Å². The van der Waals surface area contributed by atoms with Crippen LogP contribution in [0.3, 0.4) is 0 Å². The molecule has 1 aliphatic heterocycles. The van der Waals surface area contributed by atoms with E-state index in [1.165, 1.54) is 0 Å². The van der Waals surface area contributed by atoms with E-state index in [-0.39, 0.29) is 38.6 Å². The molecule has 9 nitrogen and oxygen atoms in total. The molecule has 0 aromatic heterocycles. The fraction of sp³-hybridized carbons (Fsp3) is 0.458. The van der Waals surface area contributed by atoms with Crippen molar-refractivity contribution in [3.8, 4) is 11.1 Å².